The molecule has 0 spiro atoms. The third-order valence-corrected chi connectivity index (χ3v) is 4.63. The fourth-order valence-electron chi connectivity index (χ4n) is 3.08. The molecule has 0 aliphatic carbocycles. The molecule has 0 radical (unpaired) electrons. The summed E-state index contributed by atoms with van der Waals surface area (Å²) in [7, 11) is 3.03. The van der Waals surface area contributed by atoms with Gasteiger partial charge in [0.05, 0.1) is 14.2 Å². The van der Waals surface area contributed by atoms with E-state index < -0.39 is 5.97 Å². The van der Waals surface area contributed by atoms with Gasteiger partial charge in [0.15, 0.2) is 0 Å². The van der Waals surface area contributed by atoms with E-state index in [0.717, 1.165) is 11.3 Å². The van der Waals surface area contributed by atoms with E-state index >= 15 is 0 Å². The number of benzene rings is 3. The van der Waals surface area contributed by atoms with Crippen molar-refractivity contribution in [1.29, 1.82) is 0 Å². The summed E-state index contributed by atoms with van der Waals surface area (Å²) in [4.78, 5) is 13.5. The predicted octanol–water partition coefficient (Wildman–Crippen LogP) is 4.75. The highest BCUT2D eigenvalue weighted by atomic mass is 19.1. The Bertz CT molecular complexity index is 988. The monoisotopic (exact) mass is 395 g/mol. The van der Waals surface area contributed by atoms with Crippen LogP contribution in [0.2, 0.25) is 0 Å². The van der Waals surface area contributed by atoms with E-state index in [1.165, 1.54) is 13.2 Å². The number of rotatable bonds is 8. The molecule has 0 aliphatic rings. The Balaban J connectivity index is 1.98. The topological polar surface area (TPSA) is 59.0 Å². The fourth-order valence-corrected chi connectivity index (χ4v) is 3.08. The highest BCUT2D eigenvalue weighted by Gasteiger charge is 2.17. The maximum Gasteiger partial charge on any atom is 0.339 e. The lowest BCUT2D eigenvalue weighted by Gasteiger charge is -2.26. The average molecular weight is 395 g/mol. The Morgan fingerprint density at radius 3 is 2.31 bits per heavy atom. The Morgan fingerprint density at radius 2 is 1.69 bits per heavy atom. The van der Waals surface area contributed by atoms with Crippen molar-refractivity contribution >= 4 is 11.7 Å². The van der Waals surface area contributed by atoms with Crippen LogP contribution >= 0.6 is 0 Å². The number of nitrogens with zero attached hydrogens (tertiary/aromatic N) is 1. The molecule has 0 unspecified atom stereocenters. The number of halogens is 1. The van der Waals surface area contributed by atoms with Crippen LogP contribution in [0.1, 0.15) is 21.5 Å². The largest absolute Gasteiger partial charge is 0.497 e. The minimum Gasteiger partial charge on any atom is -0.497 e. The second kappa shape index (κ2) is 9.10. The molecule has 0 saturated heterocycles. The van der Waals surface area contributed by atoms with Crippen LogP contribution in [0.25, 0.3) is 0 Å². The molecule has 0 atom stereocenters. The second-order valence-corrected chi connectivity index (χ2v) is 6.49. The summed E-state index contributed by atoms with van der Waals surface area (Å²) in [6.07, 6.45) is 0. The van der Waals surface area contributed by atoms with E-state index in [2.05, 4.69) is 0 Å². The first-order valence-electron chi connectivity index (χ1n) is 9.04. The molecular formula is C23H22FNO4. The van der Waals surface area contributed by atoms with Gasteiger partial charge in [0.2, 0.25) is 0 Å². The van der Waals surface area contributed by atoms with Crippen LogP contribution in [0.3, 0.4) is 0 Å². The molecule has 0 aromatic heterocycles. The van der Waals surface area contributed by atoms with Crippen LogP contribution in [0.4, 0.5) is 10.1 Å². The number of ether oxygens (including phenoxy) is 2. The number of carbonyl (C=O) groups is 1. The van der Waals surface area contributed by atoms with Crippen molar-refractivity contribution in [3.63, 3.8) is 0 Å². The lowest BCUT2D eigenvalue weighted by Crippen LogP contribution is -2.23. The summed E-state index contributed by atoms with van der Waals surface area (Å²) < 4.78 is 24.6. The number of carboxylic acids is 1. The smallest absolute Gasteiger partial charge is 0.339 e. The molecule has 3 aromatic rings. The highest BCUT2D eigenvalue weighted by Crippen LogP contribution is 2.28. The van der Waals surface area contributed by atoms with Gasteiger partial charge in [0, 0.05) is 24.3 Å². The van der Waals surface area contributed by atoms with Crippen LogP contribution in [0, 0.1) is 5.82 Å². The van der Waals surface area contributed by atoms with Crippen LogP contribution < -0.4 is 14.4 Å². The summed E-state index contributed by atoms with van der Waals surface area (Å²) in [5.41, 5.74) is 2.21. The van der Waals surface area contributed by atoms with Crippen molar-refractivity contribution in [3.05, 3.63) is 89.2 Å². The third kappa shape index (κ3) is 4.85. The molecule has 0 saturated carbocycles. The lowest BCUT2D eigenvalue weighted by atomic mass is 10.1. The number of carboxylic acid groups (broad SMARTS) is 1. The zero-order valence-corrected chi connectivity index (χ0v) is 16.3. The van der Waals surface area contributed by atoms with E-state index in [0.29, 0.717) is 17.8 Å². The maximum absolute atomic E-state index is 14.3. The molecule has 0 heterocycles. The molecule has 6 heteroatoms. The quantitative estimate of drug-likeness (QED) is 0.597. The molecule has 5 nitrogen and oxygen atoms in total. The predicted molar refractivity (Wildman–Crippen MR) is 109 cm³/mol. The van der Waals surface area contributed by atoms with Gasteiger partial charge >= 0.3 is 5.97 Å². The zero-order valence-electron chi connectivity index (χ0n) is 16.3. The van der Waals surface area contributed by atoms with Crippen LogP contribution in [-0.4, -0.2) is 25.3 Å². The minimum atomic E-state index is -1.08. The van der Waals surface area contributed by atoms with E-state index in [1.807, 2.05) is 29.2 Å². The number of methoxy groups -OCH3 is 2. The van der Waals surface area contributed by atoms with Crippen molar-refractivity contribution in [2.24, 2.45) is 0 Å². The second-order valence-electron chi connectivity index (χ2n) is 6.49. The molecule has 150 valence electrons. The first-order valence-corrected chi connectivity index (χ1v) is 9.04. The van der Waals surface area contributed by atoms with Gasteiger partial charge in [-0.05, 0) is 42.0 Å². The summed E-state index contributed by atoms with van der Waals surface area (Å²) >= 11 is 0. The van der Waals surface area contributed by atoms with E-state index in [4.69, 9.17) is 9.47 Å². The van der Waals surface area contributed by atoms with Gasteiger partial charge in [-0.25, -0.2) is 9.18 Å². The van der Waals surface area contributed by atoms with E-state index in [-0.39, 0.29) is 23.7 Å². The van der Waals surface area contributed by atoms with Crippen LogP contribution in [0.15, 0.2) is 66.7 Å². The van der Waals surface area contributed by atoms with Gasteiger partial charge < -0.3 is 19.5 Å². The first-order chi connectivity index (χ1) is 14.0. The van der Waals surface area contributed by atoms with Gasteiger partial charge in [-0.1, -0.05) is 30.3 Å². The van der Waals surface area contributed by atoms with Gasteiger partial charge in [-0.2, -0.15) is 0 Å². The Labute approximate surface area is 168 Å². The molecule has 0 fully saturated rings. The van der Waals surface area contributed by atoms with Gasteiger partial charge in [0.25, 0.3) is 0 Å². The minimum absolute atomic E-state index is 0.0539. The fraction of sp³-hybridized carbons (Fsp3) is 0.174. The van der Waals surface area contributed by atoms with Crippen molar-refractivity contribution in [1.82, 2.24) is 0 Å². The maximum atomic E-state index is 14.3. The molecule has 3 rings (SSSR count). The SMILES string of the molecule is COc1ccc(CN(Cc2ccccc2F)c2ccc(OC)c(C(=O)O)c2)cc1. The molecule has 0 amide bonds. The normalized spacial score (nSPS) is 10.4. The highest BCUT2D eigenvalue weighted by molar-refractivity contribution is 5.92. The van der Waals surface area contributed by atoms with Crippen molar-refractivity contribution < 1.29 is 23.8 Å². The van der Waals surface area contributed by atoms with E-state index in [9.17, 15) is 14.3 Å². The van der Waals surface area contributed by atoms with Crippen molar-refractivity contribution in [2.75, 3.05) is 19.1 Å². The van der Waals surface area contributed by atoms with Gasteiger partial charge in [0.1, 0.15) is 22.9 Å². The molecule has 0 aliphatic heterocycles. The Morgan fingerprint density at radius 1 is 0.966 bits per heavy atom. The lowest BCUT2D eigenvalue weighted by molar-refractivity contribution is 0.0693. The van der Waals surface area contributed by atoms with Gasteiger partial charge in [-0.3, -0.25) is 0 Å². The summed E-state index contributed by atoms with van der Waals surface area (Å²) in [6, 6.07) is 19.0. The standard InChI is InChI=1S/C23H22FNO4/c1-28-19-10-7-16(8-11-19)14-25(15-17-5-3-4-6-21(17)24)18-9-12-22(29-2)20(13-18)23(26)27/h3-13H,14-15H2,1-2H3,(H,26,27). The van der Waals surface area contributed by atoms with Gasteiger partial charge in [-0.15, -0.1) is 0 Å². The number of anilines is 1. The Hall–Kier alpha value is -3.54. The third-order valence-electron chi connectivity index (χ3n) is 4.63. The molecule has 3 aromatic carbocycles. The van der Waals surface area contributed by atoms with Crippen LogP contribution in [-0.2, 0) is 13.1 Å². The average Bonchev–Trinajstić information content (AvgIpc) is 2.74. The summed E-state index contributed by atoms with van der Waals surface area (Å²) in [5, 5.41) is 9.51. The number of hydrogen-bond acceptors (Lipinski definition) is 4. The molecule has 1 N–H and O–H groups in total. The number of aromatic carboxylic acids is 1. The van der Waals surface area contributed by atoms with Crippen LogP contribution in [0.5, 0.6) is 11.5 Å². The van der Waals surface area contributed by atoms with Crippen molar-refractivity contribution in [2.45, 2.75) is 13.1 Å². The molecule has 0 bridgehead atoms. The zero-order chi connectivity index (χ0) is 20.8. The first kappa shape index (κ1) is 20.2. The van der Waals surface area contributed by atoms with E-state index in [1.54, 1.807) is 43.5 Å². The molecule has 29 heavy (non-hydrogen) atoms. The van der Waals surface area contributed by atoms with Crippen molar-refractivity contribution in [3.8, 4) is 11.5 Å². The summed E-state index contributed by atoms with van der Waals surface area (Å²) in [5.74, 6) is -0.373. The Kier molecular flexibility index (Phi) is 6.34. The number of hydrogen-bond donors (Lipinski definition) is 1. The molecular weight excluding hydrogens is 373 g/mol. The summed E-state index contributed by atoms with van der Waals surface area (Å²) in [6.45, 7) is 0.744.